The molecule has 10 heteroatoms. The van der Waals surface area contributed by atoms with Crippen molar-refractivity contribution < 1.29 is 32.0 Å². The molecule has 3 aromatic rings. The molecule has 0 fully saturated rings. The Balaban J connectivity index is 1.51. The average molecular weight is 451 g/mol. The van der Waals surface area contributed by atoms with Gasteiger partial charge in [-0.15, -0.1) is 0 Å². The minimum Gasteiger partial charge on any atom is -0.463 e. The zero-order chi connectivity index (χ0) is 23.4. The van der Waals surface area contributed by atoms with Gasteiger partial charge in [0, 0.05) is 31.4 Å². The lowest BCUT2D eigenvalue weighted by molar-refractivity contribution is -0.274. The van der Waals surface area contributed by atoms with Gasteiger partial charge in [0.05, 0.1) is 0 Å². The first-order valence-corrected chi connectivity index (χ1v) is 10.2. The molecule has 0 unspecified atom stereocenters. The van der Waals surface area contributed by atoms with Crippen molar-refractivity contribution in [1.82, 2.24) is 15.5 Å². The van der Waals surface area contributed by atoms with Gasteiger partial charge in [0.2, 0.25) is 23.2 Å². The summed E-state index contributed by atoms with van der Waals surface area (Å²) in [5.41, 5.74) is -1.24. The fourth-order valence-electron chi connectivity index (χ4n) is 3.12. The molecule has 0 aliphatic heterocycles. The molecule has 0 saturated heterocycles. The monoisotopic (exact) mass is 451 g/mol. The number of carbonyl (C=O) groups excluding carboxylic acids is 1. The Morgan fingerprint density at radius 3 is 2.47 bits per heavy atom. The first-order valence-electron chi connectivity index (χ1n) is 10.2. The number of aryl methyl sites for hydroxylation is 3. The van der Waals surface area contributed by atoms with Gasteiger partial charge in [0.25, 0.3) is 0 Å². The molecule has 0 radical (unpaired) electrons. The Morgan fingerprint density at radius 1 is 1.16 bits per heavy atom. The Labute approximate surface area is 182 Å². The summed E-state index contributed by atoms with van der Waals surface area (Å²) >= 11 is 0. The van der Waals surface area contributed by atoms with Crippen LogP contribution in [-0.4, -0.2) is 33.9 Å². The van der Waals surface area contributed by atoms with Crippen LogP contribution >= 0.6 is 0 Å². The second-order valence-electron chi connectivity index (χ2n) is 7.43. The van der Waals surface area contributed by atoms with E-state index in [0.717, 1.165) is 18.1 Å². The largest absolute Gasteiger partial charge is 0.463 e. The van der Waals surface area contributed by atoms with Gasteiger partial charge < -0.3 is 19.4 Å². The Hall–Kier alpha value is -3.14. The van der Waals surface area contributed by atoms with Crippen LogP contribution in [0.1, 0.15) is 42.7 Å². The standard InChI is InChI=1S/C22H24F3N3O4/c1-3-15-5-7-16(8-6-15)20-27-19(32-28-20)11-10-18(29)26-13-12-21(30,22(23,24)25)17-9-4-14(2)31-17/h4-9,30H,3,10-13H2,1-2H3,(H,26,29)/t21-/m1/s1. The number of nitrogens with zero attached hydrogens (tertiary/aromatic N) is 2. The van der Waals surface area contributed by atoms with Crippen LogP contribution < -0.4 is 5.32 Å². The van der Waals surface area contributed by atoms with E-state index in [4.69, 9.17) is 8.94 Å². The molecule has 3 rings (SSSR count). The van der Waals surface area contributed by atoms with Gasteiger partial charge in [-0.3, -0.25) is 4.79 Å². The van der Waals surface area contributed by atoms with Crippen LogP contribution in [0, 0.1) is 6.92 Å². The van der Waals surface area contributed by atoms with Crippen molar-refractivity contribution in [3.8, 4) is 11.4 Å². The van der Waals surface area contributed by atoms with Gasteiger partial charge in [0.15, 0.2) is 0 Å². The predicted octanol–water partition coefficient (Wildman–Crippen LogP) is 4.09. The summed E-state index contributed by atoms with van der Waals surface area (Å²) in [6.45, 7) is 3.13. The van der Waals surface area contributed by atoms with Gasteiger partial charge in [-0.2, -0.15) is 18.2 Å². The van der Waals surface area contributed by atoms with E-state index in [1.54, 1.807) is 0 Å². The molecule has 0 aliphatic carbocycles. The minimum atomic E-state index is -4.96. The first-order chi connectivity index (χ1) is 15.1. The van der Waals surface area contributed by atoms with Crippen molar-refractivity contribution in [3.05, 3.63) is 59.4 Å². The zero-order valence-corrected chi connectivity index (χ0v) is 17.7. The van der Waals surface area contributed by atoms with E-state index in [1.807, 2.05) is 31.2 Å². The smallest absolute Gasteiger partial charge is 0.424 e. The highest BCUT2D eigenvalue weighted by Crippen LogP contribution is 2.42. The summed E-state index contributed by atoms with van der Waals surface area (Å²) in [5.74, 6) is -0.231. The molecular formula is C22H24F3N3O4. The maximum Gasteiger partial charge on any atom is 0.424 e. The predicted molar refractivity (Wildman–Crippen MR) is 108 cm³/mol. The van der Waals surface area contributed by atoms with Gasteiger partial charge in [0.1, 0.15) is 11.5 Å². The van der Waals surface area contributed by atoms with Crippen LogP contribution in [0.5, 0.6) is 0 Å². The normalized spacial score (nSPS) is 13.7. The van der Waals surface area contributed by atoms with Crippen molar-refractivity contribution in [2.45, 2.75) is 51.3 Å². The van der Waals surface area contributed by atoms with Gasteiger partial charge >= 0.3 is 6.18 Å². The first kappa shape index (κ1) is 23.5. The van der Waals surface area contributed by atoms with Gasteiger partial charge in [-0.1, -0.05) is 36.3 Å². The molecule has 0 saturated carbocycles. The molecule has 0 aliphatic rings. The number of aliphatic hydroxyl groups is 1. The second-order valence-corrected chi connectivity index (χ2v) is 7.43. The van der Waals surface area contributed by atoms with Crippen LogP contribution in [0.15, 0.2) is 45.3 Å². The number of rotatable bonds is 9. The van der Waals surface area contributed by atoms with Gasteiger partial charge in [-0.05, 0) is 31.0 Å². The number of hydrogen-bond acceptors (Lipinski definition) is 6. The molecule has 32 heavy (non-hydrogen) atoms. The minimum absolute atomic E-state index is 0.0548. The number of hydrogen-bond donors (Lipinski definition) is 2. The summed E-state index contributed by atoms with van der Waals surface area (Å²) in [5, 5.41) is 16.5. The lowest BCUT2D eigenvalue weighted by Crippen LogP contribution is -2.44. The van der Waals surface area contributed by atoms with E-state index in [9.17, 15) is 23.1 Å². The molecule has 2 N–H and O–H groups in total. The lowest BCUT2D eigenvalue weighted by atomic mass is 9.95. The molecule has 2 aromatic heterocycles. The summed E-state index contributed by atoms with van der Waals surface area (Å²) in [7, 11) is 0. The van der Waals surface area contributed by atoms with Crippen LogP contribution in [0.3, 0.4) is 0 Å². The molecular weight excluding hydrogens is 427 g/mol. The maximum absolute atomic E-state index is 13.4. The third-order valence-electron chi connectivity index (χ3n) is 5.08. The van der Waals surface area contributed by atoms with E-state index in [1.165, 1.54) is 18.6 Å². The highest BCUT2D eigenvalue weighted by atomic mass is 19.4. The summed E-state index contributed by atoms with van der Waals surface area (Å²) in [6.07, 6.45) is -4.76. The number of nitrogens with one attached hydrogen (secondary N) is 1. The molecule has 0 bridgehead atoms. The number of alkyl halides is 3. The highest BCUT2D eigenvalue weighted by Gasteiger charge is 2.56. The Bertz CT molecular complexity index is 1040. The van der Waals surface area contributed by atoms with E-state index >= 15 is 0 Å². The average Bonchev–Trinajstić information content (AvgIpc) is 3.41. The third-order valence-corrected chi connectivity index (χ3v) is 5.08. The number of carbonyl (C=O) groups is 1. The highest BCUT2D eigenvalue weighted by molar-refractivity contribution is 5.76. The van der Waals surface area contributed by atoms with Crippen LogP contribution in [0.4, 0.5) is 13.2 Å². The molecule has 1 amide bonds. The van der Waals surface area contributed by atoms with Crippen molar-refractivity contribution in [2.24, 2.45) is 0 Å². The van der Waals surface area contributed by atoms with Crippen molar-refractivity contribution in [3.63, 3.8) is 0 Å². The fourth-order valence-corrected chi connectivity index (χ4v) is 3.12. The third kappa shape index (κ3) is 5.37. The van der Waals surface area contributed by atoms with Crippen molar-refractivity contribution >= 4 is 5.91 Å². The zero-order valence-electron chi connectivity index (χ0n) is 17.7. The SMILES string of the molecule is CCc1ccc(-c2noc(CCC(=O)NCC[C@@](O)(c3ccc(C)o3)C(F)(F)F)n2)cc1. The van der Waals surface area contributed by atoms with E-state index < -0.39 is 36.4 Å². The van der Waals surface area contributed by atoms with Crippen molar-refractivity contribution in [2.75, 3.05) is 6.54 Å². The number of furan rings is 1. The topological polar surface area (TPSA) is 101 Å². The Morgan fingerprint density at radius 2 is 1.88 bits per heavy atom. The van der Waals surface area contributed by atoms with Crippen LogP contribution in [-0.2, 0) is 23.2 Å². The second kappa shape index (κ2) is 9.56. The van der Waals surface area contributed by atoms with E-state index in [-0.39, 0.29) is 24.5 Å². The Kier molecular flexibility index (Phi) is 7.02. The van der Waals surface area contributed by atoms with E-state index in [2.05, 4.69) is 15.5 Å². The van der Waals surface area contributed by atoms with Crippen LogP contribution in [0.2, 0.25) is 0 Å². The van der Waals surface area contributed by atoms with Crippen LogP contribution in [0.25, 0.3) is 11.4 Å². The number of amides is 1. The summed E-state index contributed by atoms with van der Waals surface area (Å²) < 4.78 is 50.4. The lowest BCUT2D eigenvalue weighted by Gasteiger charge is -2.28. The molecule has 1 atom stereocenters. The van der Waals surface area contributed by atoms with E-state index in [0.29, 0.717) is 5.82 Å². The fraction of sp³-hybridized carbons (Fsp3) is 0.409. The summed E-state index contributed by atoms with van der Waals surface area (Å²) in [4.78, 5) is 16.3. The number of aromatic nitrogens is 2. The molecule has 172 valence electrons. The van der Waals surface area contributed by atoms with Gasteiger partial charge in [-0.25, -0.2) is 0 Å². The quantitative estimate of drug-likeness (QED) is 0.508. The number of benzene rings is 1. The van der Waals surface area contributed by atoms with Crippen molar-refractivity contribution in [1.29, 1.82) is 0 Å². The summed E-state index contributed by atoms with van der Waals surface area (Å²) in [6, 6.07) is 10.1. The number of halogens is 3. The molecule has 0 spiro atoms. The molecule has 7 nitrogen and oxygen atoms in total. The maximum atomic E-state index is 13.4. The molecule has 1 aromatic carbocycles. The molecule has 2 heterocycles.